The summed E-state index contributed by atoms with van der Waals surface area (Å²) in [6, 6.07) is 12.7. The van der Waals surface area contributed by atoms with E-state index in [4.69, 9.17) is 9.47 Å². The van der Waals surface area contributed by atoms with E-state index in [9.17, 15) is 0 Å². The molecule has 0 radical (unpaired) electrons. The Labute approximate surface area is 226 Å². The molecule has 1 N–H and O–H groups in total. The number of hydrogen-bond donors (Lipinski definition) is 1. The predicted molar refractivity (Wildman–Crippen MR) is 156 cm³/mol. The molecular weight excluding hydrogens is 472 g/mol. The van der Waals surface area contributed by atoms with Gasteiger partial charge in [-0.25, -0.2) is 4.98 Å². The molecule has 0 saturated carbocycles. The molecule has 38 heavy (non-hydrogen) atoms. The van der Waals surface area contributed by atoms with Gasteiger partial charge in [0.2, 0.25) is 5.88 Å². The summed E-state index contributed by atoms with van der Waals surface area (Å²) in [5.74, 6) is 1.64. The smallest absolute Gasteiger partial charge is 0.213 e. The van der Waals surface area contributed by atoms with Crippen molar-refractivity contribution < 1.29 is 9.47 Å². The number of aryl methyl sites for hydroxylation is 1. The third-order valence-electron chi connectivity index (χ3n) is 7.92. The maximum atomic E-state index is 5.88. The average Bonchev–Trinajstić information content (AvgIpc) is 3.26. The second kappa shape index (κ2) is 13.7. The largest absolute Gasteiger partial charge is 0.478 e. The van der Waals surface area contributed by atoms with Crippen LogP contribution in [0, 0.1) is 5.92 Å². The fraction of sp³-hybridized carbons (Fsp3) is 0.500. The molecule has 0 aliphatic carbocycles. The van der Waals surface area contributed by atoms with Crippen molar-refractivity contribution in [3.05, 3.63) is 55.0 Å². The highest BCUT2D eigenvalue weighted by Crippen LogP contribution is 2.31. The number of piperidine rings is 1. The molecule has 1 aliphatic heterocycles. The van der Waals surface area contributed by atoms with Crippen molar-refractivity contribution in [1.82, 2.24) is 19.9 Å². The highest BCUT2D eigenvalue weighted by molar-refractivity contribution is 6.08. The van der Waals surface area contributed by atoms with E-state index in [1.807, 2.05) is 24.7 Å². The molecular formula is C32H42N4O2. The van der Waals surface area contributed by atoms with Crippen LogP contribution in [0.2, 0.25) is 0 Å². The average molecular weight is 515 g/mol. The van der Waals surface area contributed by atoms with Gasteiger partial charge in [-0.15, -0.1) is 0 Å². The highest BCUT2D eigenvalue weighted by Gasteiger charge is 2.12. The molecule has 1 aromatic carbocycles. The molecule has 0 amide bonds. The molecule has 4 aromatic rings. The van der Waals surface area contributed by atoms with Crippen molar-refractivity contribution in [2.45, 2.75) is 57.8 Å². The highest BCUT2D eigenvalue weighted by atomic mass is 16.5. The molecule has 6 nitrogen and oxygen atoms in total. The van der Waals surface area contributed by atoms with Gasteiger partial charge >= 0.3 is 0 Å². The Balaban J connectivity index is 0.958. The van der Waals surface area contributed by atoms with E-state index in [0.29, 0.717) is 12.5 Å². The number of fused-ring (bicyclic) bond motifs is 3. The van der Waals surface area contributed by atoms with Crippen molar-refractivity contribution in [3.63, 3.8) is 0 Å². The van der Waals surface area contributed by atoms with Crippen LogP contribution in [-0.4, -0.2) is 47.4 Å². The molecule has 5 rings (SSSR count). The van der Waals surface area contributed by atoms with E-state index in [-0.39, 0.29) is 0 Å². The van der Waals surface area contributed by atoms with E-state index in [2.05, 4.69) is 57.2 Å². The fourth-order valence-electron chi connectivity index (χ4n) is 5.62. The van der Waals surface area contributed by atoms with Crippen LogP contribution < -0.4 is 10.1 Å². The molecule has 0 spiro atoms. The van der Waals surface area contributed by atoms with Crippen LogP contribution in [-0.2, 0) is 11.8 Å². The van der Waals surface area contributed by atoms with Gasteiger partial charge in [0.05, 0.1) is 12.1 Å². The summed E-state index contributed by atoms with van der Waals surface area (Å²) in [5.41, 5.74) is 4.63. The van der Waals surface area contributed by atoms with Crippen LogP contribution in [0.15, 0.2) is 55.0 Å². The number of hydrogen-bond acceptors (Lipinski definition) is 5. The van der Waals surface area contributed by atoms with Gasteiger partial charge in [-0.2, -0.15) is 0 Å². The van der Waals surface area contributed by atoms with Crippen LogP contribution in [0.25, 0.3) is 32.9 Å². The van der Waals surface area contributed by atoms with Crippen LogP contribution in [0.4, 0.5) is 0 Å². The van der Waals surface area contributed by atoms with Gasteiger partial charge in [-0.1, -0.05) is 31.4 Å². The summed E-state index contributed by atoms with van der Waals surface area (Å²) in [6.45, 7) is 4.88. The first-order valence-electron chi connectivity index (χ1n) is 14.5. The first-order valence-corrected chi connectivity index (χ1v) is 14.5. The minimum absolute atomic E-state index is 0.686. The normalized spacial score (nSPS) is 14.4. The van der Waals surface area contributed by atoms with Gasteiger partial charge in [0, 0.05) is 66.8 Å². The zero-order valence-corrected chi connectivity index (χ0v) is 22.8. The fourth-order valence-corrected chi connectivity index (χ4v) is 5.62. The van der Waals surface area contributed by atoms with Crippen molar-refractivity contribution in [3.8, 4) is 17.0 Å². The zero-order valence-electron chi connectivity index (χ0n) is 22.8. The second-order valence-corrected chi connectivity index (χ2v) is 10.6. The van der Waals surface area contributed by atoms with Gasteiger partial charge in [0.1, 0.15) is 0 Å². The minimum Gasteiger partial charge on any atom is -0.478 e. The Morgan fingerprint density at radius 3 is 2.42 bits per heavy atom. The standard InChI is InChI=1S/C32H42N4O2/c1-36-30-15-18-34-24-29(30)28-11-9-26(22-31(28)36)27-10-12-32(35-23-27)38-21-7-3-6-20-37-19-5-2-4-8-25-13-16-33-17-14-25/h9-12,15,18,22-25,33H,2-8,13-14,16-17,19-21H2,1H3. The summed E-state index contributed by atoms with van der Waals surface area (Å²) in [4.78, 5) is 8.84. The molecule has 6 heteroatoms. The van der Waals surface area contributed by atoms with Crippen molar-refractivity contribution in [2.24, 2.45) is 13.0 Å². The maximum Gasteiger partial charge on any atom is 0.213 e. The van der Waals surface area contributed by atoms with Crippen molar-refractivity contribution in [1.29, 1.82) is 0 Å². The third-order valence-corrected chi connectivity index (χ3v) is 7.92. The number of nitrogens with one attached hydrogen (secondary N) is 1. The van der Waals surface area contributed by atoms with Crippen LogP contribution >= 0.6 is 0 Å². The maximum absolute atomic E-state index is 5.88. The molecule has 1 saturated heterocycles. The first-order chi connectivity index (χ1) is 18.8. The van der Waals surface area contributed by atoms with Crippen LogP contribution in [0.3, 0.4) is 0 Å². The van der Waals surface area contributed by atoms with E-state index < -0.39 is 0 Å². The minimum atomic E-state index is 0.686. The quantitative estimate of drug-likeness (QED) is 0.185. The number of ether oxygens (including phenoxy) is 2. The molecule has 0 unspecified atom stereocenters. The topological polar surface area (TPSA) is 61.2 Å². The lowest BCUT2D eigenvalue weighted by Crippen LogP contribution is -2.27. The SMILES string of the molecule is Cn1c2ccncc2c2ccc(-c3ccc(OCCCCCOCCCCCC4CCNCC4)nc3)cc21. The van der Waals surface area contributed by atoms with Gasteiger partial charge in [-0.3, -0.25) is 4.98 Å². The Kier molecular flexibility index (Phi) is 9.62. The van der Waals surface area contributed by atoms with E-state index >= 15 is 0 Å². The lowest BCUT2D eigenvalue weighted by molar-refractivity contribution is 0.124. The number of unbranched alkanes of at least 4 members (excludes halogenated alkanes) is 4. The Bertz CT molecular complexity index is 1280. The van der Waals surface area contributed by atoms with Crippen LogP contribution in [0.5, 0.6) is 5.88 Å². The Morgan fingerprint density at radius 1 is 0.816 bits per heavy atom. The molecule has 1 aliphatic rings. The molecule has 0 bridgehead atoms. The molecule has 202 valence electrons. The predicted octanol–water partition coefficient (Wildman–Crippen LogP) is 6.91. The van der Waals surface area contributed by atoms with Crippen LogP contribution in [0.1, 0.15) is 57.8 Å². The number of benzene rings is 1. The number of nitrogens with zero attached hydrogens (tertiary/aromatic N) is 3. The number of pyridine rings is 2. The summed E-state index contributed by atoms with van der Waals surface area (Å²) in [7, 11) is 2.10. The second-order valence-electron chi connectivity index (χ2n) is 10.6. The summed E-state index contributed by atoms with van der Waals surface area (Å²) in [6.07, 6.45) is 16.9. The lowest BCUT2D eigenvalue weighted by atomic mass is 9.92. The Morgan fingerprint density at radius 2 is 1.61 bits per heavy atom. The molecule has 4 heterocycles. The monoisotopic (exact) mass is 514 g/mol. The number of rotatable bonds is 14. The summed E-state index contributed by atoms with van der Waals surface area (Å²) >= 11 is 0. The van der Waals surface area contributed by atoms with Gasteiger partial charge in [0.25, 0.3) is 0 Å². The van der Waals surface area contributed by atoms with Crippen molar-refractivity contribution in [2.75, 3.05) is 32.9 Å². The molecule has 1 fully saturated rings. The van der Waals surface area contributed by atoms with E-state index in [1.54, 1.807) is 0 Å². The van der Waals surface area contributed by atoms with Gasteiger partial charge in [-0.05, 0) is 81.3 Å². The molecule has 0 atom stereocenters. The lowest BCUT2D eigenvalue weighted by Gasteiger charge is -2.22. The van der Waals surface area contributed by atoms with E-state index in [1.165, 1.54) is 73.4 Å². The van der Waals surface area contributed by atoms with E-state index in [0.717, 1.165) is 49.5 Å². The van der Waals surface area contributed by atoms with Gasteiger partial charge in [0.15, 0.2) is 0 Å². The molecule has 3 aromatic heterocycles. The first kappa shape index (κ1) is 26.6. The zero-order chi connectivity index (χ0) is 26.0. The third kappa shape index (κ3) is 6.91. The summed E-state index contributed by atoms with van der Waals surface area (Å²) < 4.78 is 13.9. The van der Waals surface area contributed by atoms with Crippen molar-refractivity contribution >= 4 is 21.8 Å². The van der Waals surface area contributed by atoms with Gasteiger partial charge < -0.3 is 19.4 Å². The number of aromatic nitrogens is 3. The Hall–Kier alpha value is -2.96. The summed E-state index contributed by atoms with van der Waals surface area (Å²) in [5, 5.41) is 5.86.